The Balaban J connectivity index is 1.90. The minimum absolute atomic E-state index is 0.428. The van der Waals surface area contributed by atoms with Gasteiger partial charge < -0.3 is 5.32 Å². The van der Waals surface area contributed by atoms with Gasteiger partial charge in [0.2, 0.25) is 0 Å². The molecule has 3 nitrogen and oxygen atoms in total. The smallest absolute Gasteiger partial charge is 0.0738 e. The average Bonchev–Trinajstić information content (AvgIpc) is 2.73. The molecule has 0 saturated heterocycles. The van der Waals surface area contributed by atoms with Gasteiger partial charge in [-0.3, -0.25) is 4.68 Å². The fourth-order valence-electron chi connectivity index (χ4n) is 3.59. The second kappa shape index (κ2) is 5.93. The van der Waals surface area contributed by atoms with Crippen LogP contribution < -0.4 is 5.32 Å². The minimum Gasteiger partial charge on any atom is -0.313 e. The summed E-state index contributed by atoms with van der Waals surface area (Å²) in [4.78, 5) is 0. The molecule has 1 heterocycles. The molecule has 112 valence electrons. The van der Waals surface area contributed by atoms with Gasteiger partial charge in [0.15, 0.2) is 0 Å². The lowest BCUT2D eigenvalue weighted by atomic mass is 9.77. The van der Waals surface area contributed by atoms with E-state index < -0.39 is 0 Å². The van der Waals surface area contributed by atoms with Crippen LogP contribution in [-0.4, -0.2) is 16.8 Å². The van der Waals surface area contributed by atoms with Crippen molar-refractivity contribution < 1.29 is 0 Å². The summed E-state index contributed by atoms with van der Waals surface area (Å²) in [5.41, 5.74) is 5.33. The number of nitrogens with zero attached hydrogens (tertiary/aromatic N) is 2. The monoisotopic (exact) mass is 347 g/mol. The zero-order chi connectivity index (χ0) is 15.0. The number of hydrogen-bond donors (Lipinski definition) is 1. The molecule has 1 aromatic carbocycles. The summed E-state index contributed by atoms with van der Waals surface area (Å²) in [6, 6.07) is 9.26. The number of fused-ring (bicyclic) bond motifs is 1. The SMILES string of the molecule is CNC1c2ccccc2CCC1Cc1c(Br)c(C)nn1C. The first-order chi connectivity index (χ1) is 10.1. The van der Waals surface area contributed by atoms with E-state index in [-0.39, 0.29) is 0 Å². The Kier molecular flexibility index (Phi) is 4.18. The molecule has 0 spiro atoms. The predicted molar refractivity (Wildman–Crippen MR) is 89.4 cm³/mol. The molecule has 1 aliphatic carbocycles. The van der Waals surface area contributed by atoms with E-state index in [2.05, 4.69) is 64.6 Å². The molecule has 1 aliphatic rings. The summed E-state index contributed by atoms with van der Waals surface area (Å²) in [5, 5.41) is 8.05. The normalized spacial score (nSPS) is 21.3. The summed E-state index contributed by atoms with van der Waals surface area (Å²) in [6.07, 6.45) is 3.45. The van der Waals surface area contributed by atoms with Gasteiger partial charge in [-0.1, -0.05) is 24.3 Å². The van der Waals surface area contributed by atoms with E-state index >= 15 is 0 Å². The van der Waals surface area contributed by atoms with Crippen LogP contribution in [0, 0.1) is 12.8 Å². The molecule has 0 bridgehead atoms. The molecule has 2 aromatic rings. The van der Waals surface area contributed by atoms with Crippen molar-refractivity contribution in [1.82, 2.24) is 15.1 Å². The average molecular weight is 348 g/mol. The zero-order valence-corrected chi connectivity index (χ0v) is 14.4. The van der Waals surface area contributed by atoms with Crippen molar-refractivity contribution in [2.75, 3.05) is 7.05 Å². The maximum absolute atomic E-state index is 4.52. The van der Waals surface area contributed by atoms with Crippen molar-refractivity contribution in [1.29, 1.82) is 0 Å². The largest absolute Gasteiger partial charge is 0.313 e. The van der Waals surface area contributed by atoms with Gasteiger partial charge in [-0.15, -0.1) is 0 Å². The minimum atomic E-state index is 0.428. The van der Waals surface area contributed by atoms with Gasteiger partial charge in [0, 0.05) is 13.1 Å². The first kappa shape index (κ1) is 14.8. The van der Waals surface area contributed by atoms with Gasteiger partial charge >= 0.3 is 0 Å². The van der Waals surface area contributed by atoms with Gasteiger partial charge in [-0.25, -0.2) is 0 Å². The maximum atomic E-state index is 4.52. The van der Waals surface area contributed by atoms with E-state index in [0.717, 1.165) is 12.1 Å². The summed E-state index contributed by atoms with van der Waals surface area (Å²) >= 11 is 3.70. The number of halogens is 1. The van der Waals surface area contributed by atoms with Crippen molar-refractivity contribution in [3.63, 3.8) is 0 Å². The van der Waals surface area contributed by atoms with Crippen LogP contribution in [0.2, 0.25) is 0 Å². The van der Waals surface area contributed by atoms with Gasteiger partial charge in [0.1, 0.15) is 0 Å². The third-order valence-corrected chi connectivity index (χ3v) is 5.71. The summed E-state index contributed by atoms with van der Waals surface area (Å²) in [7, 11) is 4.11. The van der Waals surface area contributed by atoms with Gasteiger partial charge in [0.05, 0.1) is 15.9 Å². The standard InChI is InChI=1S/C17H22BrN3/c1-11-16(18)15(21(3)20-11)10-13-9-8-12-6-4-5-7-14(12)17(13)19-2/h4-7,13,17,19H,8-10H2,1-3H3. The van der Waals surface area contributed by atoms with E-state index in [1.165, 1.54) is 34.1 Å². The molecule has 0 fully saturated rings. The summed E-state index contributed by atoms with van der Waals surface area (Å²) < 4.78 is 3.19. The van der Waals surface area contributed by atoms with Crippen LogP contribution in [0.3, 0.4) is 0 Å². The third kappa shape index (κ3) is 2.67. The molecular formula is C17H22BrN3. The first-order valence-corrected chi connectivity index (χ1v) is 8.34. The second-order valence-electron chi connectivity index (χ2n) is 5.94. The number of nitrogens with one attached hydrogen (secondary N) is 1. The van der Waals surface area contributed by atoms with E-state index in [4.69, 9.17) is 0 Å². The molecule has 0 aliphatic heterocycles. The second-order valence-corrected chi connectivity index (χ2v) is 6.73. The van der Waals surface area contributed by atoms with Gasteiger partial charge in [0.25, 0.3) is 0 Å². The zero-order valence-electron chi connectivity index (χ0n) is 12.9. The highest BCUT2D eigenvalue weighted by Crippen LogP contribution is 2.37. The lowest BCUT2D eigenvalue weighted by molar-refractivity contribution is 0.328. The number of aryl methyl sites for hydroxylation is 3. The predicted octanol–water partition coefficient (Wildman–Crippen LogP) is 3.56. The molecule has 2 atom stereocenters. The quantitative estimate of drug-likeness (QED) is 0.919. The fraction of sp³-hybridized carbons (Fsp3) is 0.471. The number of rotatable bonds is 3. The molecule has 0 radical (unpaired) electrons. The topological polar surface area (TPSA) is 29.9 Å². The van der Waals surface area contributed by atoms with Crippen LogP contribution in [0.4, 0.5) is 0 Å². The highest BCUT2D eigenvalue weighted by Gasteiger charge is 2.29. The highest BCUT2D eigenvalue weighted by molar-refractivity contribution is 9.10. The molecule has 3 rings (SSSR count). The third-order valence-electron chi connectivity index (χ3n) is 4.67. The molecule has 0 saturated carbocycles. The van der Waals surface area contributed by atoms with Gasteiger partial charge in [-0.05, 0) is 66.2 Å². The Morgan fingerprint density at radius 3 is 2.81 bits per heavy atom. The summed E-state index contributed by atoms with van der Waals surface area (Å²) in [6.45, 7) is 2.05. The van der Waals surface area contributed by atoms with Crippen LogP contribution in [0.15, 0.2) is 28.7 Å². The van der Waals surface area contributed by atoms with E-state index in [1.807, 2.05) is 11.7 Å². The lowest BCUT2D eigenvalue weighted by Gasteiger charge is -2.33. The Labute approximate surface area is 134 Å². The van der Waals surface area contributed by atoms with E-state index in [9.17, 15) is 0 Å². The number of benzene rings is 1. The Hall–Kier alpha value is -1.13. The van der Waals surface area contributed by atoms with Crippen molar-refractivity contribution in [3.05, 3.63) is 51.3 Å². The molecule has 21 heavy (non-hydrogen) atoms. The van der Waals surface area contributed by atoms with Crippen molar-refractivity contribution in [2.45, 2.75) is 32.2 Å². The van der Waals surface area contributed by atoms with Crippen LogP contribution in [0.5, 0.6) is 0 Å². The molecule has 0 amide bonds. The fourth-order valence-corrected chi connectivity index (χ4v) is 4.09. The lowest BCUT2D eigenvalue weighted by Crippen LogP contribution is -2.31. The van der Waals surface area contributed by atoms with Crippen LogP contribution in [0.25, 0.3) is 0 Å². The summed E-state index contributed by atoms with van der Waals surface area (Å²) in [5.74, 6) is 0.607. The Morgan fingerprint density at radius 1 is 1.38 bits per heavy atom. The molecule has 2 unspecified atom stereocenters. The highest BCUT2D eigenvalue weighted by atomic mass is 79.9. The van der Waals surface area contributed by atoms with E-state index in [1.54, 1.807) is 0 Å². The maximum Gasteiger partial charge on any atom is 0.0738 e. The molecular weight excluding hydrogens is 326 g/mol. The van der Waals surface area contributed by atoms with Crippen LogP contribution >= 0.6 is 15.9 Å². The van der Waals surface area contributed by atoms with Crippen LogP contribution in [0.1, 0.15) is 35.0 Å². The van der Waals surface area contributed by atoms with Crippen molar-refractivity contribution in [3.8, 4) is 0 Å². The Bertz CT molecular complexity index is 647. The molecule has 1 aromatic heterocycles. The molecule has 4 heteroatoms. The number of aromatic nitrogens is 2. The number of hydrogen-bond acceptors (Lipinski definition) is 2. The van der Waals surface area contributed by atoms with Gasteiger partial charge in [-0.2, -0.15) is 5.10 Å². The van der Waals surface area contributed by atoms with Crippen molar-refractivity contribution >= 4 is 15.9 Å². The van der Waals surface area contributed by atoms with E-state index in [0.29, 0.717) is 12.0 Å². The first-order valence-electron chi connectivity index (χ1n) is 7.55. The Morgan fingerprint density at radius 2 is 2.14 bits per heavy atom. The van der Waals surface area contributed by atoms with Crippen LogP contribution in [-0.2, 0) is 19.9 Å². The van der Waals surface area contributed by atoms with Crippen molar-refractivity contribution in [2.24, 2.45) is 13.0 Å². The molecule has 1 N–H and O–H groups in total.